The zero-order valence-electron chi connectivity index (χ0n) is 8.47. The predicted molar refractivity (Wildman–Crippen MR) is 60.5 cm³/mol. The van der Waals surface area contributed by atoms with Gasteiger partial charge >= 0.3 is 9.46 Å². The molecular weight excluding hydrogens is 210 g/mol. The van der Waals surface area contributed by atoms with Crippen LogP contribution in [0.2, 0.25) is 0 Å². The summed E-state index contributed by atoms with van der Waals surface area (Å²) in [6.07, 6.45) is 6.42. The minimum absolute atomic E-state index is 0.274. The monoisotopic (exact) mass is 223 g/mol. The largest absolute Gasteiger partial charge is 0.511 e. The Bertz CT molecular complexity index is 372. The molecule has 0 bridgehead atoms. The van der Waals surface area contributed by atoms with Crippen LogP contribution < -0.4 is 5.19 Å². The van der Waals surface area contributed by atoms with Crippen molar-refractivity contribution >= 4 is 20.2 Å². The van der Waals surface area contributed by atoms with Crippen LogP contribution >= 0.6 is 0 Å². The molecule has 0 saturated carbocycles. The molecule has 0 unspecified atom stereocenters. The number of benzene rings is 1. The molecule has 79 valence electrons. The third kappa shape index (κ3) is 2.34. The van der Waals surface area contributed by atoms with Gasteiger partial charge in [-0.15, -0.1) is 0 Å². The van der Waals surface area contributed by atoms with Crippen LogP contribution in [-0.4, -0.2) is 9.46 Å². The topological polar surface area (TPSA) is 0 Å². The molecule has 0 aliphatic heterocycles. The Morgan fingerprint density at radius 3 is 2.53 bits per heavy atom. The van der Waals surface area contributed by atoms with Gasteiger partial charge in [-0.05, 0) is 36.8 Å². The molecule has 15 heavy (non-hydrogen) atoms. The second kappa shape index (κ2) is 4.70. The quantitative estimate of drug-likeness (QED) is 0.533. The van der Waals surface area contributed by atoms with Crippen LogP contribution in [0.25, 0.3) is 5.57 Å². The molecule has 0 aromatic heterocycles. The zero-order chi connectivity index (χ0) is 10.7. The number of hydrogen-bond donors (Lipinski definition) is 0. The Hall–Kier alpha value is -0.963. The summed E-state index contributed by atoms with van der Waals surface area (Å²) >= 11 is 0. The molecule has 1 aliphatic rings. The first-order chi connectivity index (χ1) is 7.29. The van der Waals surface area contributed by atoms with Gasteiger partial charge < -0.3 is 0 Å². The maximum Gasteiger partial charge on any atom is 0.511 e. The van der Waals surface area contributed by atoms with Crippen molar-refractivity contribution in [1.29, 1.82) is 0 Å². The summed E-state index contributed by atoms with van der Waals surface area (Å²) in [4.78, 5) is 0. The van der Waals surface area contributed by atoms with Crippen molar-refractivity contribution in [2.75, 3.05) is 0 Å². The fraction of sp³-hybridized carbons (Fsp3) is 0.333. The third-order valence-corrected chi connectivity index (χ3v) is 3.61. The van der Waals surface area contributed by atoms with Gasteiger partial charge in [0.15, 0.2) is 0 Å². The van der Waals surface area contributed by atoms with Crippen molar-refractivity contribution in [2.45, 2.75) is 25.7 Å². The van der Waals surface area contributed by atoms with Crippen LogP contribution in [-0.2, 0) is 0 Å². The standard InChI is InChI=1S/C12H13F2Si/c13-15(14)12-9-5-4-8-11(12)10-6-2-1-3-7-10/h4-6,8-9H,1-3,7H2. The van der Waals surface area contributed by atoms with Gasteiger partial charge in [0.1, 0.15) is 0 Å². The number of rotatable bonds is 2. The van der Waals surface area contributed by atoms with Gasteiger partial charge in [-0.25, -0.2) is 0 Å². The SMILES string of the molecule is F[Si](F)c1ccccc1C1=CCCCC1. The first-order valence-electron chi connectivity index (χ1n) is 5.26. The minimum Gasteiger partial charge on any atom is -0.262 e. The fourth-order valence-corrected chi connectivity index (χ4v) is 2.68. The van der Waals surface area contributed by atoms with Crippen LogP contribution in [0.1, 0.15) is 31.2 Å². The van der Waals surface area contributed by atoms with E-state index in [1.165, 1.54) is 6.42 Å². The molecule has 1 aliphatic carbocycles. The van der Waals surface area contributed by atoms with E-state index in [1.54, 1.807) is 12.1 Å². The van der Waals surface area contributed by atoms with Crippen molar-refractivity contribution in [3.8, 4) is 0 Å². The van der Waals surface area contributed by atoms with E-state index >= 15 is 0 Å². The zero-order valence-corrected chi connectivity index (χ0v) is 9.47. The first kappa shape index (κ1) is 10.6. The van der Waals surface area contributed by atoms with Crippen molar-refractivity contribution in [3.05, 3.63) is 35.9 Å². The second-order valence-corrected chi connectivity index (χ2v) is 4.84. The highest BCUT2D eigenvalue weighted by molar-refractivity contribution is 6.61. The van der Waals surface area contributed by atoms with Crippen molar-refractivity contribution in [2.24, 2.45) is 0 Å². The van der Waals surface area contributed by atoms with E-state index in [1.807, 2.05) is 12.1 Å². The molecule has 0 fully saturated rings. The highest BCUT2D eigenvalue weighted by Crippen LogP contribution is 2.25. The lowest BCUT2D eigenvalue weighted by molar-refractivity contribution is 0.684. The molecular formula is C12H13F2Si. The molecule has 0 heterocycles. The van der Waals surface area contributed by atoms with Gasteiger partial charge in [0.05, 0.1) is 0 Å². The van der Waals surface area contributed by atoms with Gasteiger partial charge in [-0.1, -0.05) is 30.3 Å². The van der Waals surface area contributed by atoms with Gasteiger partial charge in [0, 0.05) is 5.19 Å². The fourth-order valence-electron chi connectivity index (χ4n) is 2.01. The molecule has 1 radical (unpaired) electrons. The van der Waals surface area contributed by atoms with Gasteiger partial charge in [-0.2, -0.15) is 0 Å². The molecule has 3 heteroatoms. The average molecular weight is 223 g/mol. The van der Waals surface area contributed by atoms with E-state index in [2.05, 4.69) is 6.08 Å². The molecule has 0 amide bonds. The Labute approximate surface area is 90.6 Å². The number of hydrogen-bond acceptors (Lipinski definition) is 0. The molecule has 1 aromatic rings. The van der Waals surface area contributed by atoms with Crippen LogP contribution in [0.15, 0.2) is 30.3 Å². The van der Waals surface area contributed by atoms with Crippen LogP contribution in [0.5, 0.6) is 0 Å². The average Bonchev–Trinajstić information content (AvgIpc) is 2.30. The summed E-state index contributed by atoms with van der Waals surface area (Å²) in [6.45, 7) is 0. The summed E-state index contributed by atoms with van der Waals surface area (Å²) in [5, 5.41) is 0.274. The third-order valence-electron chi connectivity index (χ3n) is 2.77. The Morgan fingerprint density at radius 2 is 1.87 bits per heavy atom. The summed E-state index contributed by atoms with van der Waals surface area (Å²) in [7, 11) is -3.33. The lowest BCUT2D eigenvalue weighted by Gasteiger charge is -2.15. The van der Waals surface area contributed by atoms with Crippen molar-refractivity contribution in [3.63, 3.8) is 0 Å². The minimum atomic E-state index is -3.33. The van der Waals surface area contributed by atoms with Gasteiger partial charge in [-0.3, -0.25) is 8.22 Å². The molecule has 0 atom stereocenters. The second-order valence-electron chi connectivity index (χ2n) is 3.78. The molecule has 0 spiro atoms. The highest BCUT2D eigenvalue weighted by atomic mass is 28.4. The molecule has 2 rings (SSSR count). The summed E-state index contributed by atoms with van der Waals surface area (Å²) in [5.41, 5.74) is 1.91. The number of allylic oxidation sites excluding steroid dienone is 2. The molecule has 0 nitrogen and oxygen atoms in total. The number of halogens is 2. The Kier molecular flexibility index (Phi) is 3.31. The molecule has 0 saturated heterocycles. The maximum atomic E-state index is 12.9. The lowest BCUT2D eigenvalue weighted by Crippen LogP contribution is -2.24. The van der Waals surface area contributed by atoms with Gasteiger partial charge in [0.25, 0.3) is 0 Å². The van der Waals surface area contributed by atoms with Crippen LogP contribution in [0.3, 0.4) is 0 Å². The Balaban J connectivity index is 2.38. The van der Waals surface area contributed by atoms with Crippen molar-refractivity contribution in [1.82, 2.24) is 0 Å². The highest BCUT2D eigenvalue weighted by Gasteiger charge is 2.20. The van der Waals surface area contributed by atoms with E-state index < -0.39 is 9.46 Å². The van der Waals surface area contributed by atoms with E-state index in [9.17, 15) is 8.22 Å². The normalized spacial score (nSPS) is 16.6. The van der Waals surface area contributed by atoms with E-state index in [0.29, 0.717) is 0 Å². The summed E-state index contributed by atoms with van der Waals surface area (Å²) in [5.74, 6) is 0. The van der Waals surface area contributed by atoms with Crippen molar-refractivity contribution < 1.29 is 8.22 Å². The van der Waals surface area contributed by atoms with Gasteiger partial charge in [0.2, 0.25) is 0 Å². The maximum absolute atomic E-state index is 12.9. The molecule has 0 N–H and O–H groups in total. The predicted octanol–water partition coefficient (Wildman–Crippen LogP) is 3.28. The van der Waals surface area contributed by atoms with E-state index in [-0.39, 0.29) is 5.19 Å². The van der Waals surface area contributed by atoms with Crippen LogP contribution in [0, 0.1) is 0 Å². The van der Waals surface area contributed by atoms with E-state index in [4.69, 9.17) is 0 Å². The lowest BCUT2D eigenvalue weighted by atomic mass is 9.94. The summed E-state index contributed by atoms with van der Waals surface area (Å²) in [6, 6.07) is 6.94. The van der Waals surface area contributed by atoms with Crippen LogP contribution in [0.4, 0.5) is 8.22 Å². The smallest absolute Gasteiger partial charge is 0.262 e. The first-order valence-corrected chi connectivity index (χ1v) is 6.51. The Morgan fingerprint density at radius 1 is 1.07 bits per heavy atom. The summed E-state index contributed by atoms with van der Waals surface area (Å²) < 4.78 is 25.7. The molecule has 1 aromatic carbocycles. The van der Waals surface area contributed by atoms with E-state index in [0.717, 1.165) is 30.4 Å².